The first kappa shape index (κ1) is 15.4. The Balaban J connectivity index is 2.80. The lowest BCUT2D eigenvalue weighted by atomic mass is 10.1. The van der Waals surface area contributed by atoms with Crippen molar-refractivity contribution in [1.29, 1.82) is 0 Å². The second kappa shape index (κ2) is 6.02. The van der Waals surface area contributed by atoms with Gasteiger partial charge in [0, 0.05) is 17.0 Å². The fourth-order valence-corrected chi connectivity index (χ4v) is 1.55. The van der Waals surface area contributed by atoms with E-state index in [2.05, 4.69) is 4.99 Å². The van der Waals surface area contributed by atoms with E-state index in [1.165, 1.54) is 12.1 Å². The third-order valence-corrected chi connectivity index (χ3v) is 2.40. The maximum atomic E-state index is 13.5. The second-order valence-electron chi connectivity index (χ2n) is 4.96. The molecule has 0 unspecified atom stereocenters. The molecule has 0 radical (unpaired) electrons. The Hall–Kier alpha value is -1.62. The number of benzene rings is 1. The molecular formula is C13H16ClFN2O2. The predicted molar refractivity (Wildman–Crippen MR) is 73.0 cm³/mol. The van der Waals surface area contributed by atoms with E-state index in [1.807, 2.05) is 0 Å². The summed E-state index contributed by atoms with van der Waals surface area (Å²) in [5.74, 6) is -0.545. The van der Waals surface area contributed by atoms with Gasteiger partial charge in [-0.1, -0.05) is 17.7 Å². The van der Waals surface area contributed by atoms with Gasteiger partial charge < -0.3 is 10.5 Å². The van der Waals surface area contributed by atoms with Crippen LogP contribution < -0.4 is 5.73 Å². The highest BCUT2D eigenvalue weighted by Crippen LogP contribution is 2.19. The van der Waals surface area contributed by atoms with E-state index >= 15 is 0 Å². The van der Waals surface area contributed by atoms with Crippen LogP contribution in [-0.2, 0) is 11.2 Å². The number of rotatable bonds is 2. The number of amidine groups is 1. The van der Waals surface area contributed by atoms with Crippen LogP contribution in [0.5, 0.6) is 0 Å². The van der Waals surface area contributed by atoms with Gasteiger partial charge in [0.05, 0.1) is 0 Å². The molecule has 0 saturated carbocycles. The van der Waals surface area contributed by atoms with Crippen LogP contribution in [0.1, 0.15) is 26.3 Å². The minimum Gasteiger partial charge on any atom is -0.442 e. The van der Waals surface area contributed by atoms with Crippen LogP contribution in [0.25, 0.3) is 0 Å². The van der Waals surface area contributed by atoms with Gasteiger partial charge in [0.2, 0.25) is 0 Å². The Bertz CT molecular complexity index is 490. The Morgan fingerprint density at radius 3 is 2.63 bits per heavy atom. The first-order valence-electron chi connectivity index (χ1n) is 5.68. The Kier molecular flexibility index (Phi) is 4.89. The van der Waals surface area contributed by atoms with Gasteiger partial charge in [0.15, 0.2) is 0 Å². The lowest BCUT2D eigenvalue weighted by Crippen LogP contribution is -2.25. The van der Waals surface area contributed by atoms with Crippen LogP contribution in [0.3, 0.4) is 0 Å². The van der Waals surface area contributed by atoms with Gasteiger partial charge >= 0.3 is 6.09 Å². The molecule has 0 spiro atoms. The number of hydrogen-bond acceptors (Lipinski definition) is 2. The molecule has 1 aromatic rings. The highest BCUT2D eigenvalue weighted by Gasteiger charge is 2.16. The molecule has 0 aliphatic carbocycles. The number of nitrogens with two attached hydrogens (primary N) is 1. The minimum atomic E-state index is -0.808. The summed E-state index contributed by atoms with van der Waals surface area (Å²) in [6.45, 7) is 5.14. The molecule has 0 fully saturated rings. The third-order valence-electron chi connectivity index (χ3n) is 2.05. The van der Waals surface area contributed by atoms with E-state index in [-0.39, 0.29) is 22.8 Å². The van der Waals surface area contributed by atoms with Crippen molar-refractivity contribution >= 4 is 23.5 Å². The fraction of sp³-hybridized carbons (Fsp3) is 0.385. The zero-order valence-electron chi connectivity index (χ0n) is 11.0. The molecule has 0 saturated heterocycles. The lowest BCUT2D eigenvalue weighted by Gasteiger charge is -2.17. The summed E-state index contributed by atoms with van der Waals surface area (Å²) in [6.07, 6.45) is -0.859. The standard InChI is InChI=1S/C13H16ClFN2O2/c1-13(2,3)19-12(18)17-11(16)7-8-9(14)5-4-6-10(8)15/h4-6H,7H2,1-3H3,(H2,16,17,18). The molecule has 0 aromatic heterocycles. The van der Waals surface area contributed by atoms with Crippen molar-refractivity contribution in [3.05, 3.63) is 34.6 Å². The first-order chi connectivity index (χ1) is 8.69. The van der Waals surface area contributed by atoms with Gasteiger partial charge in [-0.25, -0.2) is 9.18 Å². The zero-order valence-corrected chi connectivity index (χ0v) is 11.8. The third kappa shape index (κ3) is 5.26. The van der Waals surface area contributed by atoms with Crippen molar-refractivity contribution in [2.75, 3.05) is 0 Å². The number of ether oxygens (including phenoxy) is 1. The molecule has 1 aromatic carbocycles. The van der Waals surface area contributed by atoms with Crippen molar-refractivity contribution in [3.8, 4) is 0 Å². The van der Waals surface area contributed by atoms with Gasteiger partial charge in [-0.3, -0.25) is 0 Å². The van der Waals surface area contributed by atoms with Crippen molar-refractivity contribution in [3.63, 3.8) is 0 Å². The molecule has 1 amide bonds. The summed E-state index contributed by atoms with van der Waals surface area (Å²) < 4.78 is 18.5. The van der Waals surface area contributed by atoms with Crippen LogP contribution in [0.2, 0.25) is 5.02 Å². The van der Waals surface area contributed by atoms with Crippen molar-refractivity contribution in [2.24, 2.45) is 10.7 Å². The maximum absolute atomic E-state index is 13.5. The first-order valence-corrected chi connectivity index (χ1v) is 6.06. The largest absolute Gasteiger partial charge is 0.442 e. The predicted octanol–water partition coefficient (Wildman–Crippen LogP) is 3.31. The quantitative estimate of drug-likeness (QED) is 0.670. The Morgan fingerprint density at radius 1 is 1.47 bits per heavy atom. The molecule has 0 bridgehead atoms. The zero-order chi connectivity index (χ0) is 14.6. The number of carbonyl (C=O) groups excluding carboxylic acids is 1. The smallest absolute Gasteiger partial charge is 0.435 e. The van der Waals surface area contributed by atoms with E-state index in [9.17, 15) is 9.18 Å². The monoisotopic (exact) mass is 286 g/mol. The van der Waals surface area contributed by atoms with Crippen molar-refractivity contribution in [2.45, 2.75) is 32.8 Å². The minimum absolute atomic E-state index is 0.0508. The summed E-state index contributed by atoms with van der Waals surface area (Å²) in [7, 11) is 0. The number of aliphatic imine (C=N–C) groups is 1. The Labute approximate surface area is 116 Å². The van der Waals surface area contributed by atoms with Crippen LogP contribution in [0, 0.1) is 5.82 Å². The van der Waals surface area contributed by atoms with E-state index < -0.39 is 17.5 Å². The normalized spacial score (nSPS) is 12.4. The summed E-state index contributed by atoms with van der Waals surface area (Å²) in [6, 6.07) is 4.30. The molecule has 0 heterocycles. The number of nitrogens with zero attached hydrogens (tertiary/aromatic N) is 1. The lowest BCUT2D eigenvalue weighted by molar-refractivity contribution is 0.0604. The van der Waals surface area contributed by atoms with Crippen LogP contribution in [0.15, 0.2) is 23.2 Å². The van der Waals surface area contributed by atoms with Gasteiger partial charge in [-0.2, -0.15) is 4.99 Å². The molecule has 2 N–H and O–H groups in total. The molecule has 4 nitrogen and oxygen atoms in total. The van der Waals surface area contributed by atoms with Gasteiger partial charge in [-0.05, 0) is 32.9 Å². The molecule has 1 rings (SSSR count). The highest BCUT2D eigenvalue weighted by molar-refractivity contribution is 6.31. The summed E-state index contributed by atoms with van der Waals surface area (Å²) in [5, 5.41) is 0.238. The molecule has 0 aliphatic heterocycles. The molecular weight excluding hydrogens is 271 g/mol. The van der Waals surface area contributed by atoms with Gasteiger partial charge in [-0.15, -0.1) is 0 Å². The van der Waals surface area contributed by atoms with Crippen LogP contribution in [0.4, 0.5) is 9.18 Å². The fourth-order valence-electron chi connectivity index (χ4n) is 1.32. The van der Waals surface area contributed by atoms with Crippen LogP contribution >= 0.6 is 11.6 Å². The van der Waals surface area contributed by atoms with Crippen molar-refractivity contribution in [1.82, 2.24) is 0 Å². The summed E-state index contributed by atoms with van der Waals surface area (Å²) >= 11 is 5.85. The average Bonchev–Trinajstić information content (AvgIpc) is 2.20. The van der Waals surface area contributed by atoms with E-state index in [0.717, 1.165) is 0 Å². The maximum Gasteiger partial charge on any atom is 0.435 e. The number of amides is 1. The number of hydrogen-bond donors (Lipinski definition) is 1. The van der Waals surface area contributed by atoms with Gasteiger partial charge in [0.25, 0.3) is 0 Å². The second-order valence-corrected chi connectivity index (χ2v) is 5.37. The van der Waals surface area contributed by atoms with Crippen LogP contribution in [-0.4, -0.2) is 17.5 Å². The molecule has 0 aliphatic rings. The van der Waals surface area contributed by atoms with E-state index in [1.54, 1.807) is 26.8 Å². The number of carbonyl (C=O) groups is 1. The van der Waals surface area contributed by atoms with Gasteiger partial charge in [0.1, 0.15) is 17.3 Å². The molecule has 19 heavy (non-hydrogen) atoms. The van der Waals surface area contributed by atoms with E-state index in [0.29, 0.717) is 0 Å². The highest BCUT2D eigenvalue weighted by atomic mass is 35.5. The van der Waals surface area contributed by atoms with Crippen molar-refractivity contribution < 1.29 is 13.9 Å². The molecule has 0 atom stereocenters. The summed E-state index contributed by atoms with van der Waals surface area (Å²) in [5.41, 5.74) is 5.13. The SMILES string of the molecule is CC(C)(C)OC(=O)/N=C(\N)Cc1c(F)cccc1Cl. The molecule has 6 heteroatoms. The van der Waals surface area contributed by atoms with E-state index in [4.69, 9.17) is 22.1 Å². The molecule has 104 valence electrons. The topological polar surface area (TPSA) is 64.7 Å². The summed E-state index contributed by atoms with van der Waals surface area (Å²) in [4.78, 5) is 15.0. The number of halogens is 2. The Morgan fingerprint density at radius 2 is 2.11 bits per heavy atom. The average molecular weight is 287 g/mol.